The van der Waals surface area contributed by atoms with Gasteiger partial charge >= 0.3 is 0 Å². The Labute approximate surface area is 122 Å². The van der Waals surface area contributed by atoms with Crippen LogP contribution in [0.2, 0.25) is 5.02 Å². The van der Waals surface area contributed by atoms with E-state index in [2.05, 4.69) is 31.3 Å². The lowest BCUT2D eigenvalue weighted by molar-refractivity contribution is 0.313. The summed E-state index contributed by atoms with van der Waals surface area (Å²) in [5.74, 6) is 1.60. The molecule has 1 N–H and O–H groups in total. The van der Waals surface area contributed by atoms with Gasteiger partial charge in [0.1, 0.15) is 0 Å². The monoisotopic (exact) mass is 279 g/mol. The molecule has 0 heterocycles. The fraction of sp³-hybridized carbons (Fsp3) is 0.647. The van der Waals surface area contributed by atoms with Crippen LogP contribution in [0.4, 0.5) is 0 Å². The molecule has 1 nitrogen and oxygen atoms in total. The fourth-order valence-electron chi connectivity index (χ4n) is 3.17. The van der Waals surface area contributed by atoms with E-state index >= 15 is 0 Å². The molecule has 1 aromatic carbocycles. The Balaban J connectivity index is 2.02. The standard InChI is InChI=1S/C17H26ClN/c1-13(2)19-12-16(14-7-3-4-8-14)11-15-9-5-6-10-17(15)18/h5-6,9-10,13-14,16,19H,3-4,7-8,11-12H2,1-2H3. The molecule has 0 bridgehead atoms. The molecular weight excluding hydrogens is 254 g/mol. The highest BCUT2D eigenvalue weighted by atomic mass is 35.5. The van der Waals surface area contributed by atoms with Gasteiger partial charge in [-0.15, -0.1) is 0 Å². The minimum Gasteiger partial charge on any atom is -0.314 e. The Morgan fingerprint density at radius 3 is 2.53 bits per heavy atom. The molecule has 1 fully saturated rings. The molecule has 1 aliphatic rings. The second kappa shape index (κ2) is 7.31. The van der Waals surface area contributed by atoms with E-state index in [9.17, 15) is 0 Å². The summed E-state index contributed by atoms with van der Waals surface area (Å²) in [6.07, 6.45) is 6.73. The van der Waals surface area contributed by atoms with Gasteiger partial charge in [0.15, 0.2) is 0 Å². The van der Waals surface area contributed by atoms with E-state index in [1.165, 1.54) is 31.2 Å². The molecular formula is C17H26ClN. The van der Waals surface area contributed by atoms with Crippen LogP contribution in [0, 0.1) is 11.8 Å². The maximum atomic E-state index is 6.32. The quantitative estimate of drug-likeness (QED) is 0.797. The van der Waals surface area contributed by atoms with Crippen molar-refractivity contribution in [3.05, 3.63) is 34.9 Å². The number of hydrogen-bond acceptors (Lipinski definition) is 1. The van der Waals surface area contributed by atoms with E-state index in [4.69, 9.17) is 11.6 Å². The van der Waals surface area contributed by atoms with E-state index in [-0.39, 0.29) is 0 Å². The van der Waals surface area contributed by atoms with Crippen molar-refractivity contribution >= 4 is 11.6 Å². The Kier molecular flexibility index (Phi) is 5.72. The first-order valence-corrected chi connectivity index (χ1v) is 8.01. The zero-order chi connectivity index (χ0) is 13.7. The van der Waals surface area contributed by atoms with Crippen LogP contribution >= 0.6 is 11.6 Å². The van der Waals surface area contributed by atoms with Crippen molar-refractivity contribution in [3.8, 4) is 0 Å². The van der Waals surface area contributed by atoms with Gasteiger partial charge in [-0.2, -0.15) is 0 Å². The van der Waals surface area contributed by atoms with Crippen LogP contribution in [0.5, 0.6) is 0 Å². The predicted molar refractivity (Wildman–Crippen MR) is 83.7 cm³/mol. The van der Waals surface area contributed by atoms with Crippen molar-refractivity contribution in [1.82, 2.24) is 5.32 Å². The molecule has 1 aliphatic carbocycles. The van der Waals surface area contributed by atoms with E-state index in [0.717, 1.165) is 29.8 Å². The molecule has 0 saturated heterocycles. The van der Waals surface area contributed by atoms with Gasteiger partial charge in [0.05, 0.1) is 0 Å². The maximum absolute atomic E-state index is 6.32. The van der Waals surface area contributed by atoms with Gasteiger partial charge in [-0.3, -0.25) is 0 Å². The van der Waals surface area contributed by atoms with Crippen molar-refractivity contribution in [2.45, 2.75) is 52.0 Å². The summed E-state index contributed by atoms with van der Waals surface area (Å²) in [6.45, 7) is 5.57. The van der Waals surface area contributed by atoms with Gasteiger partial charge in [0.2, 0.25) is 0 Å². The summed E-state index contributed by atoms with van der Waals surface area (Å²) in [5, 5.41) is 4.55. The highest BCUT2D eigenvalue weighted by molar-refractivity contribution is 6.31. The average molecular weight is 280 g/mol. The molecule has 1 unspecified atom stereocenters. The van der Waals surface area contributed by atoms with Crippen LogP contribution in [-0.4, -0.2) is 12.6 Å². The third kappa shape index (κ3) is 4.50. The largest absolute Gasteiger partial charge is 0.314 e. The van der Waals surface area contributed by atoms with Crippen LogP contribution < -0.4 is 5.32 Å². The SMILES string of the molecule is CC(C)NCC(Cc1ccccc1Cl)C1CCCC1. The summed E-state index contributed by atoms with van der Waals surface area (Å²) in [5.41, 5.74) is 1.31. The maximum Gasteiger partial charge on any atom is 0.0438 e. The molecule has 0 amide bonds. The molecule has 2 heteroatoms. The number of benzene rings is 1. The molecule has 0 radical (unpaired) electrons. The van der Waals surface area contributed by atoms with Gasteiger partial charge in [0, 0.05) is 11.1 Å². The number of hydrogen-bond donors (Lipinski definition) is 1. The van der Waals surface area contributed by atoms with E-state index < -0.39 is 0 Å². The summed E-state index contributed by atoms with van der Waals surface area (Å²) in [4.78, 5) is 0. The molecule has 19 heavy (non-hydrogen) atoms. The Morgan fingerprint density at radius 1 is 1.21 bits per heavy atom. The molecule has 0 aromatic heterocycles. The first kappa shape index (κ1) is 14.9. The van der Waals surface area contributed by atoms with Gasteiger partial charge in [-0.25, -0.2) is 0 Å². The van der Waals surface area contributed by atoms with Crippen LogP contribution in [0.3, 0.4) is 0 Å². The highest BCUT2D eigenvalue weighted by Crippen LogP contribution is 2.34. The lowest BCUT2D eigenvalue weighted by atomic mass is 9.85. The Bertz CT molecular complexity index is 383. The second-order valence-electron chi connectivity index (χ2n) is 6.16. The lowest BCUT2D eigenvalue weighted by Gasteiger charge is -2.25. The molecule has 106 valence electrons. The zero-order valence-electron chi connectivity index (χ0n) is 12.2. The van der Waals surface area contributed by atoms with E-state index in [1.807, 2.05) is 12.1 Å². The Morgan fingerprint density at radius 2 is 1.89 bits per heavy atom. The average Bonchev–Trinajstić information content (AvgIpc) is 2.90. The summed E-state index contributed by atoms with van der Waals surface area (Å²) < 4.78 is 0. The third-order valence-electron chi connectivity index (χ3n) is 4.29. The molecule has 1 atom stereocenters. The van der Waals surface area contributed by atoms with Gasteiger partial charge in [-0.1, -0.05) is 69.3 Å². The van der Waals surface area contributed by atoms with E-state index in [0.29, 0.717) is 6.04 Å². The fourth-order valence-corrected chi connectivity index (χ4v) is 3.38. The van der Waals surface area contributed by atoms with Crippen molar-refractivity contribution in [2.24, 2.45) is 11.8 Å². The molecule has 0 spiro atoms. The number of halogens is 1. The minimum absolute atomic E-state index is 0.565. The van der Waals surface area contributed by atoms with Crippen molar-refractivity contribution in [2.75, 3.05) is 6.54 Å². The molecule has 1 saturated carbocycles. The smallest absolute Gasteiger partial charge is 0.0438 e. The van der Waals surface area contributed by atoms with Gasteiger partial charge < -0.3 is 5.32 Å². The summed E-state index contributed by atoms with van der Waals surface area (Å²) >= 11 is 6.32. The normalized spacial score (nSPS) is 18.1. The third-order valence-corrected chi connectivity index (χ3v) is 4.66. The minimum atomic E-state index is 0.565. The van der Waals surface area contributed by atoms with Crippen LogP contribution in [0.15, 0.2) is 24.3 Å². The summed E-state index contributed by atoms with van der Waals surface area (Å²) in [6, 6.07) is 8.87. The van der Waals surface area contributed by atoms with Crippen molar-refractivity contribution in [1.29, 1.82) is 0 Å². The van der Waals surface area contributed by atoms with E-state index in [1.54, 1.807) is 0 Å². The lowest BCUT2D eigenvalue weighted by Crippen LogP contribution is -2.33. The molecule has 2 rings (SSSR count). The predicted octanol–water partition coefficient (Wildman–Crippen LogP) is 4.69. The zero-order valence-corrected chi connectivity index (χ0v) is 12.9. The molecule has 1 aromatic rings. The summed E-state index contributed by atoms with van der Waals surface area (Å²) in [7, 11) is 0. The van der Waals surface area contributed by atoms with Crippen LogP contribution in [0.25, 0.3) is 0 Å². The number of rotatable bonds is 6. The van der Waals surface area contributed by atoms with Crippen LogP contribution in [0.1, 0.15) is 45.1 Å². The topological polar surface area (TPSA) is 12.0 Å². The first-order valence-electron chi connectivity index (χ1n) is 7.63. The van der Waals surface area contributed by atoms with Gasteiger partial charge in [-0.05, 0) is 36.4 Å². The highest BCUT2D eigenvalue weighted by Gasteiger charge is 2.25. The first-order chi connectivity index (χ1) is 9.16. The van der Waals surface area contributed by atoms with Crippen molar-refractivity contribution < 1.29 is 0 Å². The van der Waals surface area contributed by atoms with Crippen LogP contribution in [-0.2, 0) is 6.42 Å². The number of nitrogens with one attached hydrogen (secondary N) is 1. The second-order valence-corrected chi connectivity index (χ2v) is 6.57. The van der Waals surface area contributed by atoms with Crippen molar-refractivity contribution in [3.63, 3.8) is 0 Å². The molecule has 0 aliphatic heterocycles. The Hall–Kier alpha value is -0.530. The van der Waals surface area contributed by atoms with Gasteiger partial charge in [0.25, 0.3) is 0 Å².